The minimum Gasteiger partial charge on any atom is -0.481 e. The molecule has 0 amide bonds. The van der Waals surface area contributed by atoms with Gasteiger partial charge in [-0.25, -0.2) is 0 Å². The summed E-state index contributed by atoms with van der Waals surface area (Å²) in [4.78, 5) is 11.0. The summed E-state index contributed by atoms with van der Waals surface area (Å²) in [5.41, 5.74) is 1.86. The van der Waals surface area contributed by atoms with Crippen LogP contribution in [-0.4, -0.2) is 17.6 Å². The molecule has 0 heterocycles. The third-order valence-corrected chi connectivity index (χ3v) is 3.23. The maximum Gasteiger partial charge on any atom is 0.308 e. The summed E-state index contributed by atoms with van der Waals surface area (Å²) >= 11 is 6.00. The van der Waals surface area contributed by atoms with E-state index in [9.17, 15) is 4.79 Å². The fourth-order valence-electron chi connectivity index (χ4n) is 1.54. The molecule has 0 radical (unpaired) electrons. The molecule has 0 fully saturated rings. The fraction of sp³-hybridized carbons (Fsp3) is 0.462. The lowest BCUT2D eigenvalue weighted by Crippen LogP contribution is -2.27. The van der Waals surface area contributed by atoms with E-state index in [0.717, 1.165) is 11.3 Å². The summed E-state index contributed by atoms with van der Waals surface area (Å²) in [7, 11) is 0. The largest absolute Gasteiger partial charge is 0.481 e. The highest BCUT2D eigenvalue weighted by Gasteiger charge is 2.20. The summed E-state index contributed by atoms with van der Waals surface area (Å²) in [5.74, 6) is -1.07. The molecule has 0 aliphatic heterocycles. The van der Waals surface area contributed by atoms with Crippen molar-refractivity contribution < 1.29 is 9.90 Å². The van der Waals surface area contributed by atoms with Gasteiger partial charge in [-0.2, -0.15) is 0 Å². The minimum absolute atomic E-state index is 0.0981. The average molecular weight is 256 g/mol. The predicted molar refractivity (Wildman–Crippen MR) is 70.6 cm³/mol. The van der Waals surface area contributed by atoms with Gasteiger partial charge < -0.3 is 10.4 Å². The van der Waals surface area contributed by atoms with Crippen molar-refractivity contribution in [2.24, 2.45) is 11.8 Å². The quantitative estimate of drug-likeness (QED) is 0.848. The molecule has 4 heteroatoms. The number of aliphatic carboxylic acids is 1. The van der Waals surface area contributed by atoms with Gasteiger partial charge in [-0.3, -0.25) is 4.79 Å². The Kier molecular flexibility index (Phi) is 4.82. The Morgan fingerprint density at radius 1 is 1.47 bits per heavy atom. The first-order chi connectivity index (χ1) is 7.91. The van der Waals surface area contributed by atoms with Crippen LogP contribution in [0.5, 0.6) is 0 Å². The van der Waals surface area contributed by atoms with Crippen molar-refractivity contribution in [1.82, 2.24) is 0 Å². The van der Waals surface area contributed by atoms with Gasteiger partial charge in [-0.15, -0.1) is 0 Å². The summed E-state index contributed by atoms with van der Waals surface area (Å²) in [6.07, 6.45) is 0. The van der Waals surface area contributed by atoms with Gasteiger partial charge in [0.15, 0.2) is 0 Å². The highest BCUT2D eigenvalue weighted by atomic mass is 35.5. The Balaban J connectivity index is 2.65. The number of hydrogen-bond donors (Lipinski definition) is 2. The molecule has 1 unspecified atom stereocenters. The second-order valence-corrected chi connectivity index (χ2v) is 4.94. The van der Waals surface area contributed by atoms with Gasteiger partial charge >= 0.3 is 5.97 Å². The molecule has 1 aromatic carbocycles. The van der Waals surface area contributed by atoms with Gasteiger partial charge in [-0.05, 0) is 30.5 Å². The molecule has 1 aromatic rings. The summed E-state index contributed by atoms with van der Waals surface area (Å²) in [6.45, 7) is 6.15. The number of carbonyl (C=O) groups is 1. The molecule has 94 valence electrons. The van der Waals surface area contributed by atoms with E-state index in [4.69, 9.17) is 16.7 Å². The maximum absolute atomic E-state index is 11.0. The van der Waals surface area contributed by atoms with Crippen molar-refractivity contribution in [3.8, 4) is 0 Å². The van der Waals surface area contributed by atoms with Crippen LogP contribution in [0.25, 0.3) is 0 Å². The Morgan fingerprint density at radius 2 is 2.12 bits per heavy atom. The van der Waals surface area contributed by atoms with Gasteiger partial charge in [0.25, 0.3) is 0 Å². The van der Waals surface area contributed by atoms with E-state index >= 15 is 0 Å². The average Bonchev–Trinajstić information content (AvgIpc) is 2.22. The van der Waals surface area contributed by atoms with E-state index in [0.29, 0.717) is 11.6 Å². The molecule has 0 aromatic heterocycles. The molecule has 0 saturated carbocycles. The molecule has 0 bridgehead atoms. The van der Waals surface area contributed by atoms with Crippen LogP contribution in [-0.2, 0) is 4.79 Å². The molecule has 0 spiro atoms. The van der Waals surface area contributed by atoms with E-state index in [1.54, 1.807) is 0 Å². The predicted octanol–water partition coefficient (Wildman–Crippen LogP) is 3.42. The van der Waals surface area contributed by atoms with Crippen LogP contribution in [0.4, 0.5) is 5.69 Å². The topological polar surface area (TPSA) is 49.3 Å². The number of benzene rings is 1. The molecule has 17 heavy (non-hydrogen) atoms. The second-order valence-electron chi connectivity index (χ2n) is 4.53. The lowest BCUT2D eigenvalue weighted by atomic mass is 9.96. The molecule has 1 rings (SSSR count). The van der Waals surface area contributed by atoms with Crippen LogP contribution in [0.1, 0.15) is 19.4 Å². The van der Waals surface area contributed by atoms with E-state index in [1.165, 1.54) is 0 Å². The van der Waals surface area contributed by atoms with E-state index in [2.05, 4.69) is 5.32 Å². The number of halogens is 1. The minimum atomic E-state index is -0.772. The van der Waals surface area contributed by atoms with Crippen LogP contribution in [0.2, 0.25) is 5.02 Å². The SMILES string of the molecule is Cc1ccc(NCC(C(=O)O)C(C)C)cc1Cl. The van der Waals surface area contributed by atoms with Gasteiger partial charge in [0.2, 0.25) is 0 Å². The monoisotopic (exact) mass is 255 g/mol. The molecular weight excluding hydrogens is 238 g/mol. The zero-order valence-electron chi connectivity index (χ0n) is 10.3. The van der Waals surface area contributed by atoms with Gasteiger partial charge in [0, 0.05) is 17.3 Å². The van der Waals surface area contributed by atoms with Crippen molar-refractivity contribution in [2.75, 3.05) is 11.9 Å². The van der Waals surface area contributed by atoms with Crippen LogP contribution < -0.4 is 5.32 Å². The number of carboxylic acid groups (broad SMARTS) is 1. The van der Waals surface area contributed by atoms with Crippen molar-refractivity contribution in [3.05, 3.63) is 28.8 Å². The van der Waals surface area contributed by atoms with E-state index in [1.807, 2.05) is 39.0 Å². The molecule has 0 saturated heterocycles. The van der Waals surface area contributed by atoms with Crippen molar-refractivity contribution in [2.45, 2.75) is 20.8 Å². The first kappa shape index (κ1) is 13.8. The number of rotatable bonds is 5. The normalized spacial score (nSPS) is 12.5. The van der Waals surface area contributed by atoms with Crippen molar-refractivity contribution in [3.63, 3.8) is 0 Å². The van der Waals surface area contributed by atoms with E-state index < -0.39 is 11.9 Å². The van der Waals surface area contributed by atoms with Crippen LogP contribution >= 0.6 is 11.6 Å². The molecular formula is C13H18ClNO2. The molecule has 0 aliphatic rings. The number of nitrogens with one attached hydrogen (secondary N) is 1. The van der Waals surface area contributed by atoms with Crippen LogP contribution in [0, 0.1) is 18.8 Å². The van der Waals surface area contributed by atoms with Crippen LogP contribution in [0.15, 0.2) is 18.2 Å². The highest BCUT2D eigenvalue weighted by molar-refractivity contribution is 6.31. The first-order valence-electron chi connectivity index (χ1n) is 5.64. The fourth-order valence-corrected chi connectivity index (χ4v) is 1.72. The maximum atomic E-state index is 11.0. The van der Waals surface area contributed by atoms with Gasteiger partial charge in [-0.1, -0.05) is 31.5 Å². The van der Waals surface area contributed by atoms with Gasteiger partial charge in [0.1, 0.15) is 0 Å². The lowest BCUT2D eigenvalue weighted by molar-refractivity contribution is -0.142. The highest BCUT2D eigenvalue weighted by Crippen LogP contribution is 2.21. The molecule has 2 N–H and O–H groups in total. The van der Waals surface area contributed by atoms with Gasteiger partial charge in [0.05, 0.1) is 5.92 Å². The standard InChI is InChI=1S/C13H18ClNO2/c1-8(2)11(13(16)17)7-15-10-5-4-9(3)12(14)6-10/h4-6,8,11,15H,7H2,1-3H3,(H,16,17). The second kappa shape index (κ2) is 5.92. The first-order valence-corrected chi connectivity index (χ1v) is 6.02. The van der Waals surface area contributed by atoms with Crippen LogP contribution in [0.3, 0.4) is 0 Å². The molecule has 3 nitrogen and oxygen atoms in total. The van der Waals surface area contributed by atoms with Crippen molar-refractivity contribution >= 4 is 23.3 Å². The Bertz CT molecular complexity index is 404. The Morgan fingerprint density at radius 3 is 2.59 bits per heavy atom. The number of hydrogen-bond acceptors (Lipinski definition) is 2. The smallest absolute Gasteiger partial charge is 0.308 e. The van der Waals surface area contributed by atoms with E-state index in [-0.39, 0.29) is 5.92 Å². The summed E-state index contributed by atoms with van der Waals surface area (Å²) in [5, 5.41) is 12.9. The Hall–Kier alpha value is -1.22. The third kappa shape index (κ3) is 3.93. The molecule has 0 aliphatic carbocycles. The third-order valence-electron chi connectivity index (χ3n) is 2.82. The lowest BCUT2D eigenvalue weighted by Gasteiger charge is -2.17. The number of carboxylic acids is 1. The zero-order chi connectivity index (χ0) is 13.0. The number of anilines is 1. The number of aryl methyl sites for hydroxylation is 1. The summed E-state index contributed by atoms with van der Waals surface area (Å²) < 4.78 is 0. The zero-order valence-corrected chi connectivity index (χ0v) is 11.1. The Labute approximate surface area is 107 Å². The molecule has 1 atom stereocenters. The van der Waals surface area contributed by atoms with Crippen molar-refractivity contribution in [1.29, 1.82) is 0 Å². The summed E-state index contributed by atoms with van der Waals surface area (Å²) in [6, 6.07) is 5.63.